The molecule has 1 aromatic heterocycles. The first-order valence-corrected chi connectivity index (χ1v) is 7.16. The molecule has 0 aliphatic heterocycles. The molecule has 0 aliphatic carbocycles. The highest BCUT2D eigenvalue weighted by Crippen LogP contribution is 2.23. The van der Waals surface area contributed by atoms with Crippen LogP contribution in [0.3, 0.4) is 0 Å². The second-order valence-electron chi connectivity index (χ2n) is 5.64. The quantitative estimate of drug-likeness (QED) is 0.367. The second kappa shape index (κ2) is 6.63. The largest absolute Gasteiger partial charge is 0.394 e. The lowest BCUT2D eigenvalue weighted by molar-refractivity contribution is -0.0755. The van der Waals surface area contributed by atoms with Gasteiger partial charge in [0.15, 0.2) is 0 Å². The minimum atomic E-state index is -1.54. The van der Waals surface area contributed by atoms with E-state index < -0.39 is 36.0 Å². The normalized spacial score (nSPS) is 15.6. The zero-order valence-electron chi connectivity index (χ0n) is 12.8. The van der Waals surface area contributed by atoms with Gasteiger partial charge in [-0.25, -0.2) is 0 Å². The monoisotopic (exact) mass is 324 g/mol. The molecule has 2 aromatic rings. The Hall–Kier alpha value is -2.00. The van der Waals surface area contributed by atoms with E-state index in [1.165, 1.54) is 0 Å². The predicted octanol–water partition coefficient (Wildman–Crippen LogP) is -1.55. The summed E-state index contributed by atoms with van der Waals surface area (Å²) >= 11 is 0. The average Bonchev–Trinajstić information content (AvgIpc) is 2.52. The highest BCUT2D eigenvalue weighted by Gasteiger charge is 2.26. The smallest absolute Gasteiger partial charge is 0.314 e. The highest BCUT2D eigenvalue weighted by atomic mass is 16.4. The number of aliphatic hydroxyl groups excluding tert-OH is 4. The summed E-state index contributed by atoms with van der Waals surface area (Å²) in [6, 6.07) is 1.71. The molecule has 0 bridgehead atoms. The molecule has 1 heterocycles. The third-order valence-electron chi connectivity index (χ3n) is 4.06. The molecule has 0 amide bonds. The van der Waals surface area contributed by atoms with E-state index >= 15 is 0 Å². The minimum Gasteiger partial charge on any atom is -0.394 e. The minimum absolute atomic E-state index is 0.0653. The fourth-order valence-electron chi connectivity index (χ4n) is 2.53. The molecular formula is C15H20N2O6. The van der Waals surface area contributed by atoms with Crippen LogP contribution in [0.15, 0.2) is 15.7 Å². The molecule has 0 saturated heterocycles. The lowest BCUT2D eigenvalue weighted by Crippen LogP contribution is -2.40. The third kappa shape index (κ3) is 3.35. The summed E-state index contributed by atoms with van der Waals surface area (Å²) in [5.41, 5.74) is 1.35. The van der Waals surface area contributed by atoms with E-state index in [1.54, 1.807) is 13.0 Å². The van der Waals surface area contributed by atoms with Crippen molar-refractivity contribution in [3.63, 3.8) is 0 Å². The number of hydrogen-bond donors (Lipinski definition) is 6. The number of aromatic amines is 2. The van der Waals surface area contributed by atoms with E-state index in [2.05, 4.69) is 9.97 Å². The van der Waals surface area contributed by atoms with Crippen molar-refractivity contribution in [2.24, 2.45) is 0 Å². The Morgan fingerprint density at radius 3 is 2.26 bits per heavy atom. The van der Waals surface area contributed by atoms with Gasteiger partial charge in [0, 0.05) is 6.42 Å². The maximum Gasteiger partial charge on any atom is 0.314 e. The molecule has 1 aromatic carbocycles. The Balaban J connectivity index is 2.55. The molecule has 0 fully saturated rings. The Morgan fingerprint density at radius 1 is 1.04 bits per heavy atom. The van der Waals surface area contributed by atoms with Crippen molar-refractivity contribution in [1.82, 2.24) is 9.97 Å². The molecular weight excluding hydrogens is 304 g/mol. The van der Waals surface area contributed by atoms with Gasteiger partial charge in [0.2, 0.25) is 0 Å². The lowest BCUT2D eigenvalue weighted by Gasteiger charge is -2.23. The summed E-state index contributed by atoms with van der Waals surface area (Å²) in [6.45, 7) is 2.91. The number of fused-ring (bicyclic) bond motifs is 1. The van der Waals surface area contributed by atoms with Gasteiger partial charge in [-0.15, -0.1) is 0 Å². The van der Waals surface area contributed by atoms with Crippen LogP contribution in [0.5, 0.6) is 0 Å². The van der Waals surface area contributed by atoms with Crippen molar-refractivity contribution in [1.29, 1.82) is 0 Å². The standard InChI is InChI=1S/C15H20N2O6/c1-6-3-9-12(17-15(23)14(22)16-9)8(7(6)2)4-10(19)13(21)11(20)5-18/h3,10-11,13,18-21H,4-5H2,1-2H3,(H,16,22)(H,17,23)/t10-,11+,13-/m0/s1. The Bertz CT molecular complexity index is 825. The number of benzene rings is 1. The maximum absolute atomic E-state index is 11.6. The fourth-order valence-corrected chi connectivity index (χ4v) is 2.53. The van der Waals surface area contributed by atoms with Gasteiger partial charge >= 0.3 is 11.1 Å². The topological polar surface area (TPSA) is 147 Å². The van der Waals surface area contributed by atoms with Crippen molar-refractivity contribution < 1.29 is 20.4 Å². The molecule has 2 rings (SSSR count). The maximum atomic E-state index is 11.6. The van der Waals surface area contributed by atoms with E-state index in [4.69, 9.17) is 5.11 Å². The lowest BCUT2D eigenvalue weighted by atomic mass is 9.93. The third-order valence-corrected chi connectivity index (χ3v) is 4.06. The van der Waals surface area contributed by atoms with Crippen LogP contribution in [0.25, 0.3) is 11.0 Å². The first-order chi connectivity index (χ1) is 10.8. The van der Waals surface area contributed by atoms with Crippen molar-refractivity contribution in [2.75, 3.05) is 6.61 Å². The van der Waals surface area contributed by atoms with Gasteiger partial charge in [-0.05, 0) is 36.6 Å². The number of aliphatic hydroxyl groups is 4. The van der Waals surface area contributed by atoms with E-state index in [0.29, 0.717) is 16.6 Å². The van der Waals surface area contributed by atoms with E-state index in [-0.39, 0.29) is 6.42 Å². The number of hydrogen-bond acceptors (Lipinski definition) is 6. The van der Waals surface area contributed by atoms with Crippen LogP contribution in [0.2, 0.25) is 0 Å². The van der Waals surface area contributed by atoms with Crippen LogP contribution in [-0.4, -0.2) is 55.3 Å². The molecule has 0 aliphatic rings. The number of H-pyrrole nitrogens is 2. The summed E-state index contributed by atoms with van der Waals surface area (Å²) in [5, 5.41) is 38.2. The van der Waals surface area contributed by atoms with Gasteiger partial charge in [0.25, 0.3) is 0 Å². The van der Waals surface area contributed by atoms with Gasteiger partial charge in [0.05, 0.1) is 23.7 Å². The molecule has 0 spiro atoms. The first-order valence-electron chi connectivity index (χ1n) is 7.16. The van der Waals surface area contributed by atoms with Crippen molar-refractivity contribution in [3.05, 3.63) is 43.5 Å². The summed E-state index contributed by atoms with van der Waals surface area (Å²) in [5.74, 6) is 0. The molecule has 0 unspecified atom stereocenters. The average molecular weight is 324 g/mol. The first kappa shape index (κ1) is 17.4. The summed E-state index contributed by atoms with van der Waals surface area (Å²) in [4.78, 5) is 28.0. The van der Waals surface area contributed by atoms with Gasteiger partial charge in [-0.3, -0.25) is 9.59 Å². The molecule has 8 nitrogen and oxygen atoms in total. The summed E-state index contributed by atoms with van der Waals surface area (Å²) in [7, 11) is 0. The van der Waals surface area contributed by atoms with Gasteiger partial charge in [0.1, 0.15) is 12.2 Å². The Kier molecular flexibility index (Phi) is 5.00. The Labute approximate surface area is 131 Å². The van der Waals surface area contributed by atoms with E-state index in [9.17, 15) is 24.9 Å². The van der Waals surface area contributed by atoms with Gasteiger partial charge < -0.3 is 30.4 Å². The molecule has 0 saturated carbocycles. The number of aryl methyl sites for hydroxylation is 1. The van der Waals surface area contributed by atoms with Gasteiger partial charge in [-0.1, -0.05) is 0 Å². The molecule has 23 heavy (non-hydrogen) atoms. The molecule has 8 heteroatoms. The van der Waals surface area contributed by atoms with E-state index in [1.807, 2.05) is 6.92 Å². The zero-order chi connectivity index (χ0) is 17.3. The van der Waals surface area contributed by atoms with Crippen LogP contribution in [0.4, 0.5) is 0 Å². The van der Waals surface area contributed by atoms with E-state index in [0.717, 1.165) is 11.1 Å². The van der Waals surface area contributed by atoms with Crippen molar-refractivity contribution >= 4 is 11.0 Å². The van der Waals surface area contributed by atoms with Crippen LogP contribution in [0, 0.1) is 13.8 Å². The highest BCUT2D eigenvalue weighted by molar-refractivity contribution is 5.80. The molecule has 0 radical (unpaired) electrons. The van der Waals surface area contributed by atoms with Crippen LogP contribution in [-0.2, 0) is 6.42 Å². The van der Waals surface area contributed by atoms with Gasteiger partial charge in [-0.2, -0.15) is 0 Å². The number of nitrogens with one attached hydrogen (secondary N) is 2. The molecule has 126 valence electrons. The zero-order valence-corrected chi connectivity index (χ0v) is 12.8. The number of aromatic nitrogens is 2. The van der Waals surface area contributed by atoms with Crippen molar-refractivity contribution in [2.45, 2.75) is 38.6 Å². The SMILES string of the molecule is Cc1cc2[nH]c(=O)c(=O)[nH]c2c(C[C@H](O)[C@H](O)[C@H](O)CO)c1C. The van der Waals surface area contributed by atoms with Crippen LogP contribution in [0.1, 0.15) is 16.7 Å². The fraction of sp³-hybridized carbons (Fsp3) is 0.467. The van der Waals surface area contributed by atoms with Crippen LogP contribution < -0.4 is 11.1 Å². The number of rotatable bonds is 5. The van der Waals surface area contributed by atoms with Crippen LogP contribution >= 0.6 is 0 Å². The summed E-state index contributed by atoms with van der Waals surface area (Å²) < 4.78 is 0. The second-order valence-corrected chi connectivity index (χ2v) is 5.64. The Morgan fingerprint density at radius 2 is 1.65 bits per heavy atom. The predicted molar refractivity (Wildman–Crippen MR) is 83.5 cm³/mol. The van der Waals surface area contributed by atoms with Crippen molar-refractivity contribution in [3.8, 4) is 0 Å². The molecule has 3 atom stereocenters. The summed E-state index contributed by atoms with van der Waals surface area (Å²) in [6.07, 6.45) is -4.43. The molecule has 6 N–H and O–H groups in total.